The van der Waals surface area contributed by atoms with Gasteiger partial charge < -0.3 is 9.47 Å². The third-order valence-corrected chi connectivity index (χ3v) is 4.33. The van der Waals surface area contributed by atoms with E-state index in [1.54, 1.807) is 0 Å². The van der Waals surface area contributed by atoms with Crippen LogP contribution in [-0.4, -0.2) is 18.7 Å². The van der Waals surface area contributed by atoms with E-state index in [0.29, 0.717) is 24.9 Å². The van der Waals surface area contributed by atoms with E-state index >= 15 is 0 Å². The molecule has 22 heavy (non-hydrogen) atoms. The molecule has 2 rings (SSSR count). The van der Waals surface area contributed by atoms with Gasteiger partial charge in [0.25, 0.3) is 0 Å². The van der Waals surface area contributed by atoms with Crippen LogP contribution in [0.15, 0.2) is 24.3 Å². The van der Waals surface area contributed by atoms with Crippen molar-refractivity contribution in [2.75, 3.05) is 6.61 Å². The van der Waals surface area contributed by atoms with E-state index in [4.69, 9.17) is 9.47 Å². The van der Waals surface area contributed by atoms with Crippen LogP contribution in [0.5, 0.6) is 5.75 Å². The Kier molecular flexibility index (Phi) is 6.29. The predicted octanol–water partition coefficient (Wildman–Crippen LogP) is 4.70. The molecule has 0 aromatic heterocycles. The average molecular weight is 304 g/mol. The maximum absolute atomic E-state index is 11.6. The molecule has 0 atom stereocenters. The van der Waals surface area contributed by atoms with E-state index in [1.165, 1.54) is 5.56 Å². The lowest BCUT2D eigenvalue weighted by molar-refractivity contribution is -0.144. The van der Waals surface area contributed by atoms with Crippen molar-refractivity contribution in [2.45, 2.75) is 64.9 Å². The fourth-order valence-electron chi connectivity index (χ4n) is 3.25. The highest BCUT2D eigenvalue weighted by molar-refractivity contribution is 5.69. The molecule has 0 unspecified atom stereocenters. The quantitative estimate of drug-likeness (QED) is 0.715. The molecular weight excluding hydrogens is 276 g/mol. The highest BCUT2D eigenvalue weighted by atomic mass is 16.5. The van der Waals surface area contributed by atoms with Crippen molar-refractivity contribution >= 4 is 5.97 Å². The number of rotatable bonds is 6. The van der Waals surface area contributed by atoms with Crippen LogP contribution >= 0.6 is 0 Å². The van der Waals surface area contributed by atoms with Crippen LogP contribution in [0, 0.1) is 5.92 Å². The molecule has 1 aliphatic carbocycles. The van der Waals surface area contributed by atoms with Crippen molar-refractivity contribution in [3.8, 4) is 5.75 Å². The van der Waals surface area contributed by atoms with Crippen molar-refractivity contribution in [1.29, 1.82) is 0 Å². The molecule has 0 N–H and O–H groups in total. The summed E-state index contributed by atoms with van der Waals surface area (Å²) in [7, 11) is 0. The third-order valence-electron chi connectivity index (χ3n) is 4.33. The molecule has 122 valence electrons. The lowest BCUT2D eigenvalue weighted by Gasteiger charge is -2.28. The predicted molar refractivity (Wildman–Crippen MR) is 88.2 cm³/mol. The first-order valence-corrected chi connectivity index (χ1v) is 8.50. The monoisotopic (exact) mass is 304 g/mol. The van der Waals surface area contributed by atoms with Gasteiger partial charge in [-0.3, -0.25) is 4.79 Å². The Balaban J connectivity index is 1.82. The second kappa shape index (κ2) is 8.21. The van der Waals surface area contributed by atoms with Crippen LogP contribution in [-0.2, 0) is 9.53 Å². The molecule has 0 saturated heterocycles. The van der Waals surface area contributed by atoms with Crippen LogP contribution in [0.4, 0.5) is 0 Å². The molecular formula is C19H28O3. The summed E-state index contributed by atoms with van der Waals surface area (Å²) >= 11 is 0. The van der Waals surface area contributed by atoms with Crippen molar-refractivity contribution in [3.05, 3.63) is 29.8 Å². The Morgan fingerprint density at radius 1 is 1.14 bits per heavy atom. The molecule has 3 nitrogen and oxygen atoms in total. The molecule has 0 spiro atoms. The summed E-state index contributed by atoms with van der Waals surface area (Å²) in [6.07, 6.45) is 5.36. The van der Waals surface area contributed by atoms with Gasteiger partial charge in [0.15, 0.2) is 0 Å². The lowest BCUT2D eigenvalue weighted by atomic mass is 9.77. The zero-order chi connectivity index (χ0) is 15.9. The normalized spacial score (nSPS) is 21.6. The van der Waals surface area contributed by atoms with E-state index in [9.17, 15) is 4.79 Å². The minimum Gasteiger partial charge on any atom is -0.491 e. The molecule has 3 heteroatoms. The molecule has 1 aromatic rings. The van der Waals surface area contributed by atoms with E-state index in [1.807, 2.05) is 20.8 Å². The molecule has 1 aromatic carbocycles. The van der Waals surface area contributed by atoms with Crippen LogP contribution in [0.25, 0.3) is 0 Å². The van der Waals surface area contributed by atoms with Crippen LogP contribution in [0.3, 0.4) is 0 Å². The van der Waals surface area contributed by atoms with Gasteiger partial charge in [-0.15, -0.1) is 0 Å². The van der Waals surface area contributed by atoms with Crippen LogP contribution < -0.4 is 4.74 Å². The summed E-state index contributed by atoms with van der Waals surface area (Å²) in [6, 6.07) is 8.52. The molecule has 0 radical (unpaired) electrons. The average Bonchev–Trinajstić information content (AvgIpc) is 2.48. The van der Waals surface area contributed by atoms with E-state index in [-0.39, 0.29) is 12.1 Å². The fourth-order valence-corrected chi connectivity index (χ4v) is 3.25. The zero-order valence-electron chi connectivity index (χ0n) is 14.0. The number of esters is 1. The number of carbonyl (C=O) groups excluding carboxylic acids is 1. The topological polar surface area (TPSA) is 35.5 Å². The van der Waals surface area contributed by atoms with Gasteiger partial charge in [-0.2, -0.15) is 0 Å². The molecule has 1 aliphatic rings. The Bertz CT molecular complexity index is 456. The maximum atomic E-state index is 11.6. The summed E-state index contributed by atoms with van der Waals surface area (Å²) in [5.74, 6) is 2.02. The lowest BCUT2D eigenvalue weighted by Crippen LogP contribution is -2.17. The van der Waals surface area contributed by atoms with Crippen molar-refractivity contribution in [2.24, 2.45) is 5.92 Å². The zero-order valence-corrected chi connectivity index (χ0v) is 14.0. The van der Waals surface area contributed by atoms with E-state index < -0.39 is 0 Å². The Morgan fingerprint density at radius 3 is 2.32 bits per heavy atom. The summed E-state index contributed by atoms with van der Waals surface area (Å²) in [5.41, 5.74) is 1.39. The van der Waals surface area contributed by atoms with Gasteiger partial charge in [0, 0.05) is 6.42 Å². The number of hydrogen-bond donors (Lipinski definition) is 0. The van der Waals surface area contributed by atoms with Gasteiger partial charge in [0.1, 0.15) is 5.75 Å². The van der Waals surface area contributed by atoms with Gasteiger partial charge >= 0.3 is 5.97 Å². The van der Waals surface area contributed by atoms with Gasteiger partial charge in [0.05, 0.1) is 12.7 Å². The SMILES string of the molecule is CCOC(=O)CC1CCC(c2ccc(OC(C)C)cc2)CC1. The largest absolute Gasteiger partial charge is 0.491 e. The van der Waals surface area contributed by atoms with Gasteiger partial charge in [-0.05, 0) is 76.0 Å². The first kappa shape index (κ1) is 16.9. The molecule has 0 aliphatic heterocycles. The van der Waals surface area contributed by atoms with Crippen molar-refractivity contribution in [3.63, 3.8) is 0 Å². The summed E-state index contributed by atoms with van der Waals surface area (Å²) in [4.78, 5) is 11.6. The Labute approximate surface area is 134 Å². The van der Waals surface area contributed by atoms with Crippen LogP contribution in [0.1, 0.15) is 64.4 Å². The van der Waals surface area contributed by atoms with Gasteiger partial charge in [0.2, 0.25) is 0 Å². The number of carbonyl (C=O) groups is 1. The van der Waals surface area contributed by atoms with Crippen LogP contribution in [0.2, 0.25) is 0 Å². The number of benzene rings is 1. The van der Waals surface area contributed by atoms with Gasteiger partial charge in [-0.25, -0.2) is 0 Å². The molecule has 1 fully saturated rings. The standard InChI is InChI=1S/C19H28O3/c1-4-21-19(20)13-15-5-7-16(8-6-15)17-9-11-18(12-10-17)22-14(2)3/h9-12,14-16H,4-8,13H2,1-3H3. The summed E-state index contributed by atoms with van der Waals surface area (Å²) in [5, 5.41) is 0. The second-order valence-corrected chi connectivity index (χ2v) is 6.46. The molecule has 0 heterocycles. The molecule has 0 amide bonds. The second-order valence-electron chi connectivity index (χ2n) is 6.46. The maximum Gasteiger partial charge on any atom is 0.306 e. The van der Waals surface area contributed by atoms with Gasteiger partial charge in [-0.1, -0.05) is 12.1 Å². The summed E-state index contributed by atoms with van der Waals surface area (Å²) < 4.78 is 10.7. The van der Waals surface area contributed by atoms with Crippen molar-refractivity contribution in [1.82, 2.24) is 0 Å². The third kappa shape index (κ3) is 5.04. The molecule has 1 saturated carbocycles. The smallest absolute Gasteiger partial charge is 0.306 e. The molecule has 0 bridgehead atoms. The first-order valence-electron chi connectivity index (χ1n) is 8.50. The van der Waals surface area contributed by atoms with E-state index in [2.05, 4.69) is 24.3 Å². The fraction of sp³-hybridized carbons (Fsp3) is 0.632. The highest BCUT2D eigenvalue weighted by Crippen LogP contribution is 2.37. The Hall–Kier alpha value is -1.51. The highest BCUT2D eigenvalue weighted by Gasteiger charge is 2.24. The van der Waals surface area contributed by atoms with Crippen molar-refractivity contribution < 1.29 is 14.3 Å². The number of ether oxygens (including phenoxy) is 2. The Morgan fingerprint density at radius 2 is 1.77 bits per heavy atom. The summed E-state index contributed by atoms with van der Waals surface area (Å²) in [6.45, 7) is 6.43. The minimum atomic E-state index is -0.0406. The van der Waals surface area contributed by atoms with E-state index in [0.717, 1.165) is 31.4 Å². The first-order chi connectivity index (χ1) is 10.6. The minimum absolute atomic E-state index is 0.0406. The number of hydrogen-bond acceptors (Lipinski definition) is 3.